The lowest BCUT2D eigenvalue weighted by Crippen LogP contribution is -2.67. The van der Waals surface area contributed by atoms with Gasteiger partial charge in [-0.15, -0.1) is 0 Å². The number of anilines is 2. The number of hydrogen-bond donors (Lipinski definition) is 3. The van der Waals surface area contributed by atoms with Gasteiger partial charge in [0.1, 0.15) is 17.0 Å². The number of ether oxygens (including phenoxy) is 1. The molecule has 11 heteroatoms. The maximum absolute atomic E-state index is 14.4. The van der Waals surface area contributed by atoms with Gasteiger partial charge in [-0.3, -0.25) is 4.79 Å². The second kappa shape index (κ2) is 17.9. The Labute approximate surface area is 261 Å². The molecule has 2 amide bonds. The van der Waals surface area contributed by atoms with E-state index in [0.29, 0.717) is 18.7 Å². The monoisotopic (exact) mass is 624 g/mol. The number of hydrogen-bond acceptors (Lipinski definition) is 6. The zero-order valence-electron chi connectivity index (χ0n) is 27.7. The number of unbranched alkanes of at least 4 members (excludes halogenated alkanes) is 1. The molecule has 0 spiro atoms. The third kappa shape index (κ3) is 11.6. The quantitative estimate of drug-likeness (QED) is 0.263. The first-order valence-corrected chi connectivity index (χ1v) is 15.4. The molecule has 8 nitrogen and oxygen atoms in total. The van der Waals surface area contributed by atoms with Crippen LogP contribution in [0, 0.1) is 24.4 Å². The number of likely N-dealkylation sites (N-methyl/N-ethyl adjacent to an activating group) is 1. The highest BCUT2D eigenvalue weighted by molar-refractivity contribution is 6.01. The summed E-state index contributed by atoms with van der Waals surface area (Å²) in [4.78, 5) is 27.5. The summed E-state index contributed by atoms with van der Waals surface area (Å²) in [7, 11) is 0. The van der Waals surface area contributed by atoms with Crippen LogP contribution in [0.3, 0.4) is 0 Å². The Bertz CT molecular complexity index is 1210. The van der Waals surface area contributed by atoms with E-state index in [1.165, 1.54) is 17.0 Å². The van der Waals surface area contributed by atoms with E-state index < -0.39 is 40.2 Å². The van der Waals surface area contributed by atoms with Gasteiger partial charge in [0.05, 0.1) is 30.0 Å². The number of rotatable bonds is 10. The van der Waals surface area contributed by atoms with Crippen molar-refractivity contribution < 1.29 is 32.6 Å². The third-order valence-electron chi connectivity index (χ3n) is 6.49. The van der Waals surface area contributed by atoms with E-state index in [-0.39, 0.29) is 30.4 Å². The number of nitrogens with one attached hydrogen (secondary N) is 2. The summed E-state index contributed by atoms with van der Waals surface area (Å²) in [6.07, 6.45) is 1.93. The van der Waals surface area contributed by atoms with Crippen molar-refractivity contribution in [3.8, 4) is 0 Å². The van der Waals surface area contributed by atoms with Crippen molar-refractivity contribution >= 4 is 23.4 Å². The number of benzene rings is 2. The largest absolute Gasteiger partial charge is 0.444 e. The number of carbonyl (C=O) groups is 2. The molecule has 1 saturated heterocycles. The summed E-state index contributed by atoms with van der Waals surface area (Å²) in [5.74, 6) is -3.64. The molecule has 0 bridgehead atoms. The maximum Gasteiger partial charge on any atom is 0.410 e. The lowest BCUT2D eigenvalue weighted by Gasteiger charge is -2.46. The van der Waals surface area contributed by atoms with Gasteiger partial charge in [-0.05, 0) is 77.4 Å². The van der Waals surface area contributed by atoms with Crippen LogP contribution in [0.25, 0.3) is 0 Å². The summed E-state index contributed by atoms with van der Waals surface area (Å²) in [5.41, 5.74) is -1.42. The predicted molar refractivity (Wildman–Crippen MR) is 170 cm³/mol. The number of β-amino-alcohol motifs (C(OH)–C–C–N with tert-alkyl or cyclic N) is 1. The Kier molecular flexibility index (Phi) is 15.7. The van der Waals surface area contributed by atoms with Crippen LogP contribution in [0.5, 0.6) is 0 Å². The van der Waals surface area contributed by atoms with Crippen LogP contribution in [0.4, 0.5) is 29.3 Å². The maximum atomic E-state index is 14.4. The molecule has 0 unspecified atom stereocenters. The summed E-state index contributed by atoms with van der Waals surface area (Å²) in [6.45, 7) is 20.0. The molecule has 1 aliphatic heterocycles. The van der Waals surface area contributed by atoms with Crippen LogP contribution in [0.15, 0.2) is 30.3 Å². The molecule has 1 fully saturated rings. The Morgan fingerprint density at radius 3 is 2.20 bits per heavy atom. The van der Waals surface area contributed by atoms with Crippen molar-refractivity contribution in [2.75, 3.05) is 44.6 Å². The molecule has 1 heterocycles. The Hall–Kier alpha value is -3.31. The zero-order chi connectivity index (χ0) is 33.7. The topological polar surface area (TPSA) is 94.1 Å². The number of halogens is 3. The first-order valence-electron chi connectivity index (χ1n) is 15.4. The fraction of sp³-hybridized carbons (Fsp3) is 0.576. The Balaban J connectivity index is 0.000000513. The summed E-state index contributed by atoms with van der Waals surface area (Å²) in [6, 6.07) is 6.25. The first-order chi connectivity index (χ1) is 20.6. The van der Waals surface area contributed by atoms with Gasteiger partial charge in [0.25, 0.3) is 5.91 Å². The summed E-state index contributed by atoms with van der Waals surface area (Å²) >= 11 is 0. The van der Waals surface area contributed by atoms with E-state index >= 15 is 0 Å². The van der Waals surface area contributed by atoms with E-state index in [1.807, 2.05) is 48.5 Å². The Morgan fingerprint density at radius 1 is 1.05 bits per heavy atom. The third-order valence-corrected chi connectivity index (χ3v) is 6.49. The average molecular weight is 625 g/mol. The van der Waals surface area contributed by atoms with Crippen molar-refractivity contribution in [3.05, 3.63) is 58.9 Å². The van der Waals surface area contributed by atoms with Crippen LogP contribution in [-0.2, 0) is 4.74 Å². The van der Waals surface area contributed by atoms with Crippen LogP contribution < -0.4 is 10.6 Å². The lowest BCUT2D eigenvalue weighted by atomic mass is 9.93. The highest BCUT2D eigenvalue weighted by Gasteiger charge is 2.44. The van der Waals surface area contributed by atoms with Gasteiger partial charge in [0, 0.05) is 19.6 Å². The molecule has 2 aromatic rings. The van der Waals surface area contributed by atoms with Crippen LogP contribution in [0.1, 0.15) is 84.2 Å². The molecular formula is C33H51F3N4O4. The molecule has 0 radical (unpaired) electrons. The van der Waals surface area contributed by atoms with Crippen molar-refractivity contribution in [2.45, 2.75) is 86.4 Å². The fourth-order valence-electron chi connectivity index (χ4n) is 4.21. The van der Waals surface area contributed by atoms with Crippen molar-refractivity contribution in [1.82, 2.24) is 15.1 Å². The number of likely N-dealkylation sites (tertiary alicyclic amines) is 1. The van der Waals surface area contributed by atoms with Crippen LogP contribution in [0.2, 0.25) is 0 Å². The Morgan fingerprint density at radius 2 is 1.68 bits per heavy atom. The number of nitrogens with zero attached hydrogens (tertiary/aromatic N) is 2. The highest BCUT2D eigenvalue weighted by atomic mass is 19.2. The van der Waals surface area contributed by atoms with E-state index in [0.717, 1.165) is 38.1 Å². The van der Waals surface area contributed by atoms with Crippen LogP contribution in [-0.4, -0.2) is 77.4 Å². The molecule has 44 heavy (non-hydrogen) atoms. The number of aliphatic hydroxyl groups is 1. The SMILES string of the molecule is CC.CCCCN(CC)C(=O)OC(C)(C)C.CCNCC1(O)CN(C(=O)c2ccc(F)c(F)c2Nc2ccc(C)cc2F)C1. The van der Waals surface area contributed by atoms with Gasteiger partial charge in [0.15, 0.2) is 11.6 Å². The van der Waals surface area contributed by atoms with E-state index in [9.17, 15) is 27.9 Å². The molecule has 2 aromatic carbocycles. The molecular weight excluding hydrogens is 573 g/mol. The van der Waals surface area contributed by atoms with Crippen molar-refractivity contribution in [3.63, 3.8) is 0 Å². The van der Waals surface area contributed by atoms with Crippen molar-refractivity contribution in [1.29, 1.82) is 0 Å². The molecule has 3 N–H and O–H groups in total. The summed E-state index contributed by atoms with van der Waals surface area (Å²) in [5, 5.41) is 15.8. The van der Waals surface area contributed by atoms with Gasteiger partial charge >= 0.3 is 6.09 Å². The summed E-state index contributed by atoms with van der Waals surface area (Å²) < 4.78 is 47.6. The van der Waals surface area contributed by atoms with Gasteiger partial charge in [-0.1, -0.05) is 40.2 Å². The normalized spacial score (nSPS) is 13.4. The van der Waals surface area contributed by atoms with Gasteiger partial charge < -0.3 is 30.3 Å². The first kappa shape index (κ1) is 38.7. The molecule has 1 aliphatic rings. The molecule has 0 aliphatic carbocycles. The molecule has 0 aromatic heterocycles. The standard InChI is InChI=1S/C20H22F3N3O2.C11H23NO2.C2H6/c1-3-24-9-20(28)10-26(11-20)19(27)13-5-6-14(21)17(23)18(13)25-16-7-4-12(2)8-15(16)22;1-6-8-9-12(7-2)10(13)14-11(3,4)5;1-2/h4-8,24-25,28H,3,9-11H2,1-2H3;6-9H2,1-5H3;1-2H3. The smallest absolute Gasteiger partial charge is 0.410 e. The van der Waals surface area contributed by atoms with Crippen molar-refractivity contribution in [2.24, 2.45) is 0 Å². The van der Waals surface area contributed by atoms with E-state index in [2.05, 4.69) is 17.6 Å². The fourth-order valence-corrected chi connectivity index (χ4v) is 4.21. The lowest BCUT2D eigenvalue weighted by molar-refractivity contribution is -0.0782. The zero-order valence-corrected chi connectivity index (χ0v) is 27.7. The minimum Gasteiger partial charge on any atom is -0.444 e. The molecule has 3 rings (SSSR count). The van der Waals surface area contributed by atoms with Crippen LogP contribution >= 0.6 is 0 Å². The number of amides is 2. The second-order valence-corrected chi connectivity index (χ2v) is 11.5. The second-order valence-electron chi connectivity index (χ2n) is 11.5. The average Bonchev–Trinajstić information content (AvgIpc) is 2.95. The number of carbonyl (C=O) groups excluding carboxylic acids is 2. The number of aryl methyl sites for hydroxylation is 1. The van der Waals surface area contributed by atoms with E-state index in [1.54, 1.807) is 17.9 Å². The van der Waals surface area contributed by atoms with Gasteiger partial charge in [-0.2, -0.15) is 0 Å². The molecule has 248 valence electrons. The minimum absolute atomic E-state index is 0.0656. The van der Waals surface area contributed by atoms with Gasteiger partial charge in [0.2, 0.25) is 0 Å². The predicted octanol–water partition coefficient (Wildman–Crippen LogP) is 7.02. The minimum atomic E-state index is -1.27. The van der Waals surface area contributed by atoms with E-state index in [4.69, 9.17) is 4.74 Å². The van der Waals surface area contributed by atoms with Gasteiger partial charge in [-0.25, -0.2) is 18.0 Å². The highest BCUT2D eigenvalue weighted by Crippen LogP contribution is 2.31. The molecule has 0 atom stereocenters. The molecule has 0 saturated carbocycles.